The van der Waals surface area contributed by atoms with E-state index in [4.69, 9.17) is 25.7 Å². The van der Waals surface area contributed by atoms with Crippen molar-refractivity contribution < 1.29 is 22.4 Å². The van der Waals surface area contributed by atoms with Crippen molar-refractivity contribution in [2.24, 2.45) is 5.92 Å². The van der Waals surface area contributed by atoms with Crippen molar-refractivity contribution in [3.05, 3.63) is 58.8 Å². The number of aromatic nitrogens is 1. The molecular weight excluding hydrogens is 530 g/mol. The highest BCUT2D eigenvalue weighted by Gasteiger charge is 2.37. The van der Waals surface area contributed by atoms with E-state index in [1.165, 1.54) is 27.0 Å². The first kappa shape index (κ1) is 24.3. The van der Waals surface area contributed by atoms with Gasteiger partial charge in [-0.15, -0.1) is 11.3 Å². The first-order valence-corrected chi connectivity index (χ1v) is 14.4. The number of rotatable bonds is 7. The third-order valence-corrected chi connectivity index (χ3v) is 10.7. The van der Waals surface area contributed by atoms with Gasteiger partial charge in [-0.25, -0.2) is 13.4 Å². The molecule has 0 aliphatic carbocycles. The largest absolute Gasteiger partial charge is 0.494 e. The third kappa shape index (κ3) is 4.70. The van der Waals surface area contributed by atoms with E-state index in [0.29, 0.717) is 51.3 Å². The molecule has 12 heteroatoms. The highest BCUT2D eigenvalue weighted by molar-refractivity contribution is 7.91. The van der Waals surface area contributed by atoms with Gasteiger partial charge in [-0.3, -0.25) is 9.69 Å². The maximum absolute atomic E-state index is 13.9. The van der Waals surface area contributed by atoms with Crippen LogP contribution in [0.1, 0.15) is 18.6 Å². The standard InChI is InChI=1S/C23H22ClN3O5S3/c1-31-18-9-8-17(24)21-20(18)25-23(34-21)27(14-16-6-3-11-32-16)22(28)15-5-2-10-26(13-15)35(29,30)19-7-4-12-33-19/h3-4,6-9,11-12,15H,2,5,10,13-14H2,1H3. The molecule has 184 valence electrons. The molecule has 1 atom stereocenters. The van der Waals surface area contributed by atoms with Gasteiger partial charge in [0.1, 0.15) is 21.2 Å². The second kappa shape index (κ2) is 9.90. The fraction of sp³-hybridized carbons (Fsp3) is 0.304. The molecule has 1 saturated heterocycles. The van der Waals surface area contributed by atoms with Crippen LogP contribution < -0.4 is 9.64 Å². The molecule has 3 aromatic heterocycles. The summed E-state index contributed by atoms with van der Waals surface area (Å²) in [7, 11) is -2.09. The molecule has 0 saturated carbocycles. The van der Waals surface area contributed by atoms with Crippen molar-refractivity contribution in [2.75, 3.05) is 25.1 Å². The maximum Gasteiger partial charge on any atom is 0.252 e. The second-order valence-electron chi connectivity index (χ2n) is 8.06. The van der Waals surface area contributed by atoms with Crippen molar-refractivity contribution >= 4 is 65.6 Å². The lowest BCUT2D eigenvalue weighted by Crippen LogP contribution is -2.46. The number of amides is 1. The van der Waals surface area contributed by atoms with Gasteiger partial charge >= 0.3 is 0 Å². The number of hydrogen-bond donors (Lipinski definition) is 0. The number of benzene rings is 1. The van der Waals surface area contributed by atoms with Gasteiger partial charge in [0.05, 0.1) is 35.6 Å². The molecule has 35 heavy (non-hydrogen) atoms. The summed E-state index contributed by atoms with van der Waals surface area (Å²) in [5.41, 5.74) is 0.572. The number of carbonyl (C=O) groups is 1. The Bertz CT molecular complexity index is 1430. The number of furan rings is 1. The normalized spacial score (nSPS) is 17.0. The van der Waals surface area contributed by atoms with Gasteiger partial charge < -0.3 is 9.15 Å². The number of hydrogen-bond acceptors (Lipinski definition) is 8. The van der Waals surface area contributed by atoms with Crippen LogP contribution in [-0.2, 0) is 21.4 Å². The van der Waals surface area contributed by atoms with Crippen LogP contribution in [0, 0.1) is 5.92 Å². The molecule has 1 aliphatic rings. The molecule has 0 bridgehead atoms. The minimum absolute atomic E-state index is 0.114. The van der Waals surface area contributed by atoms with E-state index in [2.05, 4.69) is 0 Å². The zero-order valence-electron chi connectivity index (χ0n) is 18.7. The minimum atomic E-state index is -3.64. The molecule has 0 radical (unpaired) electrons. The molecule has 8 nitrogen and oxygen atoms in total. The summed E-state index contributed by atoms with van der Waals surface area (Å²) in [5, 5.41) is 2.70. The van der Waals surface area contributed by atoms with Gasteiger partial charge in [-0.05, 0) is 48.6 Å². The monoisotopic (exact) mass is 551 g/mol. The molecule has 0 spiro atoms. The van der Waals surface area contributed by atoms with Gasteiger partial charge in [0.25, 0.3) is 10.0 Å². The smallest absolute Gasteiger partial charge is 0.252 e. The predicted octanol–water partition coefficient (Wildman–Crippen LogP) is 5.25. The molecular formula is C23H22ClN3O5S3. The third-order valence-electron chi connectivity index (χ3n) is 5.88. The first-order chi connectivity index (χ1) is 16.9. The lowest BCUT2D eigenvalue weighted by molar-refractivity contribution is -0.123. The van der Waals surface area contributed by atoms with Crippen molar-refractivity contribution in [3.63, 3.8) is 0 Å². The van der Waals surface area contributed by atoms with Crippen LogP contribution in [0.25, 0.3) is 10.2 Å². The van der Waals surface area contributed by atoms with Crippen molar-refractivity contribution in [3.8, 4) is 5.75 Å². The number of carbonyl (C=O) groups excluding carboxylic acids is 1. The summed E-state index contributed by atoms with van der Waals surface area (Å²) in [6.45, 7) is 0.665. The highest BCUT2D eigenvalue weighted by Crippen LogP contribution is 2.40. The number of sulfonamides is 1. The molecule has 1 amide bonds. The number of thiazole rings is 1. The van der Waals surface area contributed by atoms with Crippen LogP contribution in [0.2, 0.25) is 5.02 Å². The van der Waals surface area contributed by atoms with Gasteiger partial charge in [-0.1, -0.05) is 29.0 Å². The van der Waals surface area contributed by atoms with Crippen molar-refractivity contribution in [2.45, 2.75) is 23.6 Å². The average molecular weight is 552 g/mol. The Labute approximate surface area is 215 Å². The van der Waals surface area contributed by atoms with E-state index in [1.807, 2.05) is 0 Å². The van der Waals surface area contributed by atoms with Crippen LogP contribution in [0.15, 0.2) is 56.7 Å². The predicted molar refractivity (Wildman–Crippen MR) is 137 cm³/mol. The Morgan fingerprint density at radius 3 is 2.89 bits per heavy atom. The van der Waals surface area contributed by atoms with Crippen LogP contribution in [0.4, 0.5) is 5.13 Å². The second-order valence-corrected chi connectivity index (χ2v) is 12.6. The molecule has 4 heterocycles. The molecule has 1 aromatic carbocycles. The SMILES string of the molecule is COc1ccc(Cl)c2sc(N(Cc3ccco3)C(=O)C3CCCN(S(=O)(=O)c4cccs4)C3)nc12. The summed E-state index contributed by atoms with van der Waals surface area (Å²) in [5.74, 6) is 0.428. The number of ether oxygens (including phenoxy) is 1. The minimum Gasteiger partial charge on any atom is -0.494 e. The van der Waals surface area contributed by atoms with Crippen LogP contribution in [0.5, 0.6) is 5.75 Å². The fourth-order valence-electron chi connectivity index (χ4n) is 4.14. The zero-order chi connectivity index (χ0) is 24.6. The molecule has 1 aliphatic heterocycles. The van der Waals surface area contributed by atoms with E-state index < -0.39 is 15.9 Å². The Hall–Kier alpha value is -2.44. The molecule has 1 unspecified atom stereocenters. The topological polar surface area (TPSA) is 93.0 Å². The summed E-state index contributed by atoms with van der Waals surface area (Å²) >= 11 is 8.88. The number of fused-ring (bicyclic) bond motifs is 1. The van der Waals surface area contributed by atoms with Crippen LogP contribution in [0.3, 0.4) is 0 Å². The Balaban J connectivity index is 1.48. The molecule has 5 rings (SSSR count). The van der Waals surface area contributed by atoms with Gasteiger partial charge in [0.15, 0.2) is 5.13 Å². The summed E-state index contributed by atoms with van der Waals surface area (Å²) in [6, 6.07) is 10.3. The first-order valence-electron chi connectivity index (χ1n) is 10.9. The Morgan fingerprint density at radius 1 is 1.31 bits per heavy atom. The zero-order valence-corrected chi connectivity index (χ0v) is 21.9. The summed E-state index contributed by atoms with van der Waals surface area (Å²) < 4.78 is 39.6. The number of methoxy groups -OCH3 is 1. The Morgan fingerprint density at radius 2 is 2.17 bits per heavy atom. The number of thiophene rings is 1. The van der Waals surface area contributed by atoms with Gasteiger partial charge in [0, 0.05) is 13.1 Å². The quantitative estimate of drug-likeness (QED) is 0.311. The highest BCUT2D eigenvalue weighted by atomic mass is 35.5. The van der Waals surface area contributed by atoms with E-state index in [0.717, 1.165) is 0 Å². The van der Waals surface area contributed by atoms with E-state index in [9.17, 15) is 13.2 Å². The lowest BCUT2D eigenvalue weighted by atomic mass is 9.98. The molecule has 0 N–H and O–H groups in total. The maximum atomic E-state index is 13.9. The average Bonchev–Trinajstić information content (AvgIpc) is 3.64. The van der Waals surface area contributed by atoms with Crippen LogP contribution in [-0.4, -0.2) is 43.8 Å². The number of halogens is 1. The van der Waals surface area contributed by atoms with Gasteiger partial charge in [0.2, 0.25) is 5.91 Å². The van der Waals surface area contributed by atoms with Gasteiger partial charge in [-0.2, -0.15) is 4.31 Å². The summed E-state index contributed by atoms with van der Waals surface area (Å²) in [4.78, 5) is 20.1. The number of piperidine rings is 1. The molecule has 1 fully saturated rings. The Kier molecular flexibility index (Phi) is 6.86. The number of anilines is 1. The van der Waals surface area contributed by atoms with Crippen molar-refractivity contribution in [1.82, 2.24) is 9.29 Å². The summed E-state index contributed by atoms with van der Waals surface area (Å²) in [6.07, 6.45) is 2.72. The van der Waals surface area contributed by atoms with E-state index >= 15 is 0 Å². The fourth-order valence-corrected chi connectivity index (χ4v) is 8.07. The molecule has 4 aromatic rings. The van der Waals surface area contributed by atoms with E-state index in [1.54, 1.807) is 60.1 Å². The van der Waals surface area contributed by atoms with E-state index in [-0.39, 0.29) is 23.2 Å². The lowest BCUT2D eigenvalue weighted by Gasteiger charge is -2.33. The van der Waals surface area contributed by atoms with Crippen molar-refractivity contribution in [1.29, 1.82) is 0 Å². The van der Waals surface area contributed by atoms with Crippen LogP contribution >= 0.6 is 34.3 Å². The number of nitrogens with zero attached hydrogens (tertiary/aromatic N) is 3.